The van der Waals surface area contributed by atoms with Crippen LogP contribution in [0.4, 0.5) is 0 Å². The minimum absolute atomic E-state index is 0.290. The zero-order valence-corrected chi connectivity index (χ0v) is 9.39. The maximum atomic E-state index is 11.9. The van der Waals surface area contributed by atoms with Crippen molar-refractivity contribution in [2.75, 3.05) is 25.4 Å². The normalized spacial score (nSPS) is 30.5. The highest BCUT2D eigenvalue weighted by Gasteiger charge is 2.33. The molecule has 0 spiro atoms. The predicted octanol–water partition coefficient (Wildman–Crippen LogP) is 0.0199. The highest BCUT2D eigenvalue weighted by atomic mass is 32.2. The number of hydrogen-bond donors (Lipinski definition) is 1. The van der Waals surface area contributed by atoms with Gasteiger partial charge in [-0.1, -0.05) is 0 Å². The summed E-state index contributed by atoms with van der Waals surface area (Å²) < 4.78 is 25.4. The molecule has 2 fully saturated rings. The molecule has 0 aromatic rings. The van der Waals surface area contributed by atoms with E-state index >= 15 is 0 Å². The minimum atomic E-state index is -2.96. The molecule has 0 aromatic heterocycles. The molecule has 1 saturated heterocycles. The zero-order valence-electron chi connectivity index (χ0n) is 8.57. The molecule has 1 saturated carbocycles. The third-order valence-electron chi connectivity index (χ3n) is 2.87. The van der Waals surface area contributed by atoms with Crippen molar-refractivity contribution in [3.05, 3.63) is 0 Å². The second-order valence-corrected chi connectivity index (χ2v) is 6.45. The molecule has 0 radical (unpaired) electrons. The van der Waals surface area contributed by atoms with E-state index in [1.807, 2.05) is 6.92 Å². The first-order chi connectivity index (χ1) is 6.58. The summed E-state index contributed by atoms with van der Waals surface area (Å²) in [4.78, 5) is 0. The molecule has 14 heavy (non-hydrogen) atoms. The van der Waals surface area contributed by atoms with Crippen LogP contribution in [0.15, 0.2) is 0 Å². The summed E-state index contributed by atoms with van der Waals surface area (Å²) in [6.45, 7) is 4.08. The fraction of sp³-hybridized carbons (Fsp3) is 1.00. The van der Waals surface area contributed by atoms with Crippen LogP contribution in [0.3, 0.4) is 0 Å². The average Bonchev–Trinajstić information content (AvgIpc) is 2.87. The maximum Gasteiger partial charge on any atom is 0.214 e. The standard InChI is InChI=1S/C9H18N2O2S/c1-8-6-11(5-4-10-8)14(12,13)7-9-2-3-9/h8-10H,2-7H2,1H3/t8-/m1/s1. The van der Waals surface area contributed by atoms with Gasteiger partial charge in [-0.25, -0.2) is 8.42 Å². The first kappa shape index (κ1) is 10.4. The van der Waals surface area contributed by atoms with Crippen LogP contribution < -0.4 is 5.32 Å². The number of piperazine rings is 1. The van der Waals surface area contributed by atoms with E-state index in [0.29, 0.717) is 24.8 Å². The zero-order chi connectivity index (χ0) is 10.2. The van der Waals surface area contributed by atoms with Crippen LogP contribution in [0.25, 0.3) is 0 Å². The molecule has 82 valence electrons. The lowest BCUT2D eigenvalue weighted by Crippen LogP contribution is -2.51. The Hall–Kier alpha value is -0.130. The van der Waals surface area contributed by atoms with Crippen LogP contribution in [0, 0.1) is 5.92 Å². The van der Waals surface area contributed by atoms with Crippen molar-refractivity contribution in [3.8, 4) is 0 Å². The Bertz CT molecular complexity index is 298. The summed E-state index contributed by atoms with van der Waals surface area (Å²) in [6, 6.07) is 0.290. The smallest absolute Gasteiger partial charge is 0.214 e. The number of sulfonamides is 1. The largest absolute Gasteiger partial charge is 0.312 e. The molecule has 2 aliphatic rings. The van der Waals surface area contributed by atoms with Crippen LogP contribution in [-0.2, 0) is 10.0 Å². The Kier molecular flexibility index (Phi) is 2.81. The lowest BCUT2D eigenvalue weighted by molar-refractivity contribution is 0.309. The molecular weight excluding hydrogens is 200 g/mol. The van der Waals surface area contributed by atoms with E-state index in [0.717, 1.165) is 19.4 Å². The van der Waals surface area contributed by atoms with E-state index in [-0.39, 0.29) is 6.04 Å². The molecule has 0 unspecified atom stereocenters. The summed E-state index contributed by atoms with van der Waals surface area (Å²) in [5, 5.41) is 3.25. The summed E-state index contributed by atoms with van der Waals surface area (Å²) in [6.07, 6.45) is 2.20. The Labute approximate surface area is 85.7 Å². The Morgan fingerprint density at radius 1 is 1.43 bits per heavy atom. The molecule has 0 bridgehead atoms. The molecule has 1 aliphatic heterocycles. The average molecular weight is 218 g/mol. The third-order valence-corrected chi connectivity index (χ3v) is 4.88. The lowest BCUT2D eigenvalue weighted by atomic mass is 10.3. The Morgan fingerprint density at radius 2 is 2.14 bits per heavy atom. The van der Waals surface area contributed by atoms with Crippen molar-refractivity contribution < 1.29 is 8.42 Å². The number of nitrogens with zero attached hydrogens (tertiary/aromatic N) is 1. The van der Waals surface area contributed by atoms with Crippen molar-refractivity contribution in [1.82, 2.24) is 9.62 Å². The monoisotopic (exact) mass is 218 g/mol. The van der Waals surface area contributed by atoms with Gasteiger partial charge in [0, 0.05) is 25.7 Å². The van der Waals surface area contributed by atoms with Gasteiger partial charge in [0.05, 0.1) is 5.75 Å². The molecule has 5 heteroatoms. The predicted molar refractivity (Wildman–Crippen MR) is 55.5 cm³/mol. The highest BCUT2D eigenvalue weighted by Crippen LogP contribution is 2.31. The molecule has 2 rings (SSSR count). The van der Waals surface area contributed by atoms with E-state index < -0.39 is 10.0 Å². The van der Waals surface area contributed by atoms with Crippen molar-refractivity contribution in [1.29, 1.82) is 0 Å². The van der Waals surface area contributed by atoms with Crippen LogP contribution >= 0.6 is 0 Å². The fourth-order valence-electron chi connectivity index (χ4n) is 1.84. The number of rotatable bonds is 3. The lowest BCUT2D eigenvalue weighted by Gasteiger charge is -2.31. The molecule has 0 aromatic carbocycles. The molecule has 1 N–H and O–H groups in total. The van der Waals surface area contributed by atoms with E-state index in [1.54, 1.807) is 4.31 Å². The highest BCUT2D eigenvalue weighted by molar-refractivity contribution is 7.89. The van der Waals surface area contributed by atoms with Gasteiger partial charge in [0.15, 0.2) is 0 Å². The topological polar surface area (TPSA) is 49.4 Å². The Morgan fingerprint density at radius 3 is 2.71 bits per heavy atom. The van der Waals surface area contributed by atoms with Gasteiger partial charge in [-0.2, -0.15) is 4.31 Å². The second kappa shape index (κ2) is 3.79. The maximum absolute atomic E-state index is 11.9. The van der Waals surface area contributed by atoms with E-state index in [2.05, 4.69) is 5.32 Å². The van der Waals surface area contributed by atoms with E-state index in [1.165, 1.54) is 0 Å². The van der Waals surface area contributed by atoms with Gasteiger partial charge in [0.2, 0.25) is 10.0 Å². The van der Waals surface area contributed by atoms with Crippen LogP contribution in [-0.4, -0.2) is 44.2 Å². The van der Waals surface area contributed by atoms with E-state index in [9.17, 15) is 8.42 Å². The summed E-state index contributed by atoms with van der Waals surface area (Å²) in [5.74, 6) is 0.824. The number of hydrogen-bond acceptors (Lipinski definition) is 3. The van der Waals surface area contributed by atoms with Gasteiger partial charge in [-0.05, 0) is 25.7 Å². The summed E-state index contributed by atoms with van der Waals surface area (Å²) in [7, 11) is -2.96. The van der Waals surface area contributed by atoms with Gasteiger partial charge in [0.1, 0.15) is 0 Å². The molecular formula is C9H18N2O2S. The summed E-state index contributed by atoms with van der Waals surface area (Å²) in [5.41, 5.74) is 0. The molecule has 1 heterocycles. The first-order valence-electron chi connectivity index (χ1n) is 5.29. The van der Waals surface area contributed by atoms with Gasteiger partial charge >= 0.3 is 0 Å². The molecule has 1 atom stereocenters. The second-order valence-electron chi connectivity index (χ2n) is 4.44. The van der Waals surface area contributed by atoms with Gasteiger partial charge < -0.3 is 5.32 Å². The first-order valence-corrected chi connectivity index (χ1v) is 6.90. The molecule has 1 aliphatic carbocycles. The van der Waals surface area contributed by atoms with Gasteiger partial charge in [-0.15, -0.1) is 0 Å². The SMILES string of the molecule is C[C@@H]1CN(S(=O)(=O)CC2CC2)CCN1. The summed E-state index contributed by atoms with van der Waals surface area (Å²) >= 11 is 0. The third kappa shape index (κ3) is 2.46. The fourth-order valence-corrected chi connectivity index (χ4v) is 3.80. The molecule has 4 nitrogen and oxygen atoms in total. The van der Waals surface area contributed by atoms with Crippen molar-refractivity contribution in [2.45, 2.75) is 25.8 Å². The quantitative estimate of drug-likeness (QED) is 0.726. The van der Waals surface area contributed by atoms with E-state index in [4.69, 9.17) is 0 Å². The van der Waals surface area contributed by atoms with Crippen LogP contribution in [0.1, 0.15) is 19.8 Å². The van der Waals surface area contributed by atoms with Crippen LogP contribution in [0.5, 0.6) is 0 Å². The van der Waals surface area contributed by atoms with Crippen molar-refractivity contribution in [3.63, 3.8) is 0 Å². The molecule has 0 amide bonds. The van der Waals surface area contributed by atoms with Gasteiger partial charge in [0.25, 0.3) is 0 Å². The minimum Gasteiger partial charge on any atom is -0.312 e. The van der Waals surface area contributed by atoms with Gasteiger partial charge in [-0.3, -0.25) is 0 Å². The van der Waals surface area contributed by atoms with Crippen molar-refractivity contribution in [2.24, 2.45) is 5.92 Å². The van der Waals surface area contributed by atoms with Crippen molar-refractivity contribution >= 4 is 10.0 Å². The van der Waals surface area contributed by atoms with Crippen LogP contribution in [0.2, 0.25) is 0 Å². The Balaban J connectivity index is 1.97. The number of nitrogens with one attached hydrogen (secondary N) is 1.